The van der Waals surface area contributed by atoms with E-state index in [0.717, 1.165) is 12.8 Å². The fourth-order valence-electron chi connectivity index (χ4n) is 1.71. The van der Waals surface area contributed by atoms with Crippen LogP contribution in [0, 0.1) is 0 Å². The van der Waals surface area contributed by atoms with Crippen LogP contribution in [0.5, 0.6) is 0 Å². The zero-order valence-corrected chi connectivity index (χ0v) is 12.3. The van der Waals surface area contributed by atoms with E-state index in [-0.39, 0.29) is 5.78 Å². The summed E-state index contributed by atoms with van der Waals surface area (Å²) in [5.74, 6) is -0.0244. The zero-order chi connectivity index (χ0) is 13.3. The maximum absolute atomic E-state index is 12.6. The van der Waals surface area contributed by atoms with E-state index in [9.17, 15) is 9.36 Å². The van der Waals surface area contributed by atoms with Crippen molar-refractivity contribution in [3.8, 4) is 0 Å². The zero-order valence-electron chi connectivity index (χ0n) is 11.4. The van der Waals surface area contributed by atoms with Gasteiger partial charge in [0.1, 0.15) is 11.4 Å². The van der Waals surface area contributed by atoms with Gasteiger partial charge in [0, 0.05) is 6.42 Å². The molecule has 0 aliphatic carbocycles. The van der Waals surface area contributed by atoms with Gasteiger partial charge in [0.05, 0.1) is 13.2 Å². The summed E-state index contributed by atoms with van der Waals surface area (Å²) in [5.41, 5.74) is -0.590. The first-order valence-corrected chi connectivity index (χ1v) is 8.08. The molecule has 0 fully saturated rings. The van der Waals surface area contributed by atoms with Crippen LogP contribution in [0.15, 0.2) is 0 Å². The van der Waals surface area contributed by atoms with Crippen molar-refractivity contribution in [2.75, 3.05) is 13.2 Å². The summed E-state index contributed by atoms with van der Waals surface area (Å²) in [6.07, 6.45) is 2.78. The molecule has 4 nitrogen and oxygen atoms in total. The van der Waals surface area contributed by atoms with Crippen LogP contribution in [0.2, 0.25) is 0 Å². The first kappa shape index (κ1) is 16.8. The number of ketones is 1. The normalized spacial score (nSPS) is 13.6. The van der Waals surface area contributed by atoms with Crippen molar-refractivity contribution < 1.29 is 18.4 Å². The highest BCUT2D eigenvalue weighted by atomic mass is 31.2. The predicted molar refractivity (Wildman–Crippen MR) is 69.5 cm³/mol. The van der Waals surface area contributed by atoms with Gasteiger partial charge in [-0.2, -0.15) is 0 Å². The highest BCUT2D eigenvalue weighted by Gasteiger charge is 2.39. The van der Waals surface area contributed by atoms with Crippen LogP contribution in [-0.2, 0) is 18.4 Å². The van der Waals surface area contributed by atoms with Gasteiger partial charge in [-0.25, -0.2) is 0 Å². The third-order valence-corrected chi connectivity index (χ3v) is 5.10. The highest BCUT2D eigenvalue weighted by Crippen LogP contribution is 2.55. The molecule has 0 aromatic carbocycles. The molecular formula is C12H25O4P. The Balaban J connectivity index is 4.92. The van der Waals surface area contributed by atoms with Gasteiger partial charge in [-0.05, 0) is 20.3 Å². The molecule has 1 atom stereocenters. The Bertz CT molecular complexity index is 255. The second-order valence-corrected chi connectivity index (χ2v) is 6.07. The van der Waals surface area contributed by atoms with Crippen LogP contribution in [0.25, 0.3) is 0 Å². The van der Waals surface area contributed by atoms with Crippen molar-refractivity contribution in [2.24, 2.45) is 0 Å². The number of unbranched alkanes of at least 4 members (excludes halogenated alkanes) is 1. The number of carbonyl (C=O) groups excluding carboxylic acids is 1. The summed E-state index contributed by atoms with van der Waals surface area (Å²) in [6, 6.07) is 0. The van der Waals surface area contributed by atoms with E-state index in [0.29, 0.717) is 26.1 Å². The van der Waals surface area contributed by atoms with Crippen LogP contribution in [0.4, 0.5) is 0 Å². The van der Waals surface area contributed by atoms with Gasteiger partial charge in [-0.15, -0.1) is 0 Å². The lowest BCUT2D eigenvalue weighted by Crippen LogP contribution is -2.23. The molecule has 0 bridgehead atoms. The van der Waals surface area contributed by atoms with Gasteiger partial charge in [-0.3, -0.25) is 9.36 Å². The van der Waals surface area contributed by atoms with E-state index < -0.39 is 13.3 Å². The third kappa shape index (κ3) is 5.33. The minimum atomic E-state index is -3.28. The topological polar surface area (TPSA) is 52.6 Å². The Labute approximate surface area is 105 Å². The average Bonchev–Trinajstić information content (AvgIpc) is 2.29. The molecule has 0 heterocycles. The summed E-state index contributed by atoms with van der Waals surface area (Å²) in [6.45, 7) is 7.95. The molecule has 0 saturated carbocycles. The minimum Gasteiger partial charge on any atom is -0.308 e. The Morgan fingerprint density at radius 3 is 2.00 bits per heavy atom. The Morgan fingerprint density at radius 2 is 1.65 bits per heavy atom. The quantitative estimate of drug-likeness (QED) is 0.563. The van der Waals surface area contributed by atoms with Crippen LogP contribution in [-0.4, -0.2) is 24.7 Å². The molecule has 0 saturated heterocycles. The fourth-order valence-corrected chi connectivity index (χ4v) is 3.89. The van der Waals surface area contributed by atoms with Gasteiger partial charge < -0.3 is 9.05 Å². The monoisotopic (exact) mass is 264 g/mol. The first-order valence-electron chi connectivity index (χ1n) is 6.47. The molecule has 0 aliphatic heterocycles. The van der Waals surface area contributed by atoms with Gasteiger partial charge in [-0.1, -0.05) is 26.7 Å². The summed E-state index contributed by atoms with van der Waals surface area (Å²) < 4.78 is 23.1. The van der Waals surface area contributed by atoms with Gasteiger partial charge in [0.25, 0.3) is 0 Å². The molecule has 0 aromatic heterocycles. The molecular weight excluding hydrogens is 239 g/mol. The molecule has 0 radical (unpaired) electrons. The summed E-state index contributed by atoms with van der Waals surface area (Å²) in [5, 5.41) is 0. The van der Waals surface area contributed by atoms with Crippen molar-refractivity contribution in [2.45, 2.75) is 59.0 Å². The van der Waals surface area contributed by atoms with E-state index in [4.69, 9.17) is 9.05 Å². The van der Waals surface area contributed by atoms with Crippen molar-refractivity contribution in [3.05, 3.63) is 0 Å². The summed E-state index contributed by atoms with van der Waals surface area (Å²) >= 11 is 0. The second kappa shape index (κ2) is 8.84. The van der Waals surface area contributed by atoms with Gasteiger partial charge in [0.2, 0.25) is 0 Å². The van der Waals surface area contributed by atoms with Crippen molar-refractivity contribution in [1.29, 1.82) is 0 Å². The second-order valence-electron chi connectivity index (χ2n) is 3.85. The smallest absolute Gasteiger partial charge is 0.308 e. The molecule has 0 N–H and O–H groups in total. The summed E-state index contributed by atoms with van der Waals surface area (Å²) in [7, 11) is -3.28. The van der Waals surface area contributed by atoms with E-state index >= 15 is 0 Å². The van der Waals surface area contributed by atoms with Gasteiger partial charge in [0.15, 0.2) is 0 Å². The molecule has 102 valence electrons. The SMILES string of the molecule is CCCCC(C(=O)CC)P(=O)(OCC)OCC. The van der Waals surface area contributed by atoms with Crippen LogP contribution < -0.4 is 0 Å². The lowest BCUT2D eigenvalue weighted by Gasteiger charge is -2.25. The summed E-state index contributed by atoms with van der Waals surface area (Å²) in [4.78, 5) is 11.9. The molecule has 0 spiro atoms. The molecule has 5 heteroatoms. The minimum absolute atomic E-state index is 0.0244. The van der Waals surface area contributed by atoms with E-state index in [1.807, 2.05) is 6.92 Å². The Kier molecular flexibility index (Phi) is 8.75. The fraction of sp³-hybridized carbons (Fsp3) is 0.917. The maximum atomic E-state index is 12.6. The number of rotatable bonds is 10. The first-order chi connectivity index (χ1) is 8.05. The molecule has 1 unspecified atom stereocenters. The highest BCUT2D eigenvalue weighted by molar-refractivity contribution is 7.55. The molecule has 0 aliphatic rings. The van der Waals surface area contributed by atoms with Crippen molar-refractivity contribution >= 4 is 13.4 Å². The van der Waals surface area contributed by atoms with Crippen LogP contribution in [0.3, 0.4) is 0 Å². The Hall–Kier alpha value is -0.180. The molecule has 0 rings (SSSR count). The van der Waals surface area contributed by atoms with Gasteiger partial charge >= 0.3 is 7.60 Å². The number of Topliss-reactive ketones (excluding diaryl/α,β-unsaturated/α-hetero) is 1. The van der Waals surface area contributed by atoms with E-state index in [2.05, 4.69) is 0 Å². The number of hydrogen-bond donors (Lipinski definition) is 0. The van der Waals surface area contributed by atoms with E-state index in [1.165, 1.54) is 0 Å². The number of hydrogen-bond acceptors (Lipinski definition) is 4. The standard InChI is InChI=1S/C12H25O4P/c1-5-9-10-12(11(13)6-2)17(14,15-7-3)16-8-4/h12H,5-10H2,1-4H3. The lowest BCUT2D eigenvalue weighted by molar-refractivity contribution is -0.118. The van der Waals surface area contributed by atoms with Crippen molar-refractivity contribution in [1.82, 2.24) is 0 Å². The van der Waals surface area contributed by atoms with E-state index in [1.54, 1.807) is 20.8 Å². The molecule has 0 aromatic rings. The molecule has 0 amide bonds. The molecule has 17 heavy (non-hydrogen) atoms. The Morgan fingerprint density at radius 1 is 1.12 bits per heavy atom. The largest absolute Gasteiger partial charge is 0.341 e. The van der Waals surface area contributed by atoms with Crippen molar-refractivity contribution in [3.63, 3.8) is 0 Å². The predicted octanol–water partition coefficient (Wildman–Crippen LogP) is 3.79. The lowest BCUT2D eigenvalue weighted by atomic mass is 10.1. The van der Waals surface area contributed by atoms with Crippen LogP contribution >= 0.6 is 7.60 Å². The van der Waals surface area contributed by atoms with Crippen LogP contribution in [0.1, 0.15) is 53.4 Å². The maximum Gasteiger partial charge on any atom is 0.341 e. The average molecular weight is 264 g/mol. The third-order valence-electron chi connectivity index (χ3n) is 2.55. The number of carbonyl (C=O) groups is 1.